The number of carbonyl (C=O) groups is 1. The molecule has 0 bridgehead atoms. The number of fused-ring (bicyclic) bond motifs is 5. The van der Waals surface area contributed by atoms with Crippen molar-refractivity contribution in [3.05, 3.63) is 81.2 Å². The number of cyclic esters (lactones) is 1. The number of esters is 1. The minimum Gasteiger partial charge on any atom is -0.458 e. The third-order valence-electron chi connectivity index (χ3n) is 10.0. The number of hydrogen-bond acceptors (Lipinski definition) is 7. The van der Waals surface area contributed by atoms with Crippen molar-refractivity contribution in [1.29, 1.82) is 5.41 Å². The number of ether oxygens (including phenoxy) is 2. The predicted molar refractivity (Wildman–Crippen MR) is 200 cm³/mol. The van der Waals surface area contributed by atoms with E-state index in [1.165, 1.54) is 51.4 Å². The molecule has 0 fully saturated rings. The molecule has 3 N–H and O–H groups in total. The van der Waals surface area contributed by atoms with Crippen LogP contribution < -0.4 is 15.6 Å². The van der Waals surface area contributed by atoms with E-state index in [2.05, 4.69) is 43.5 Å². The molecule has 50 heavy (non-hydrogen) atoms. The van der Waals surface area contributed by atoms with Crippen LogP contribution in [-0.2, 0) is 34.7 Å². The molecule has 2 aliphatic heterocycles. The van der Waals surface area contributed by atoms with Crippen molar-refractivity contribution in [2.45, 2.75) is 129 Å². The first kappa shape index (κ1) is 37.0. The first-order valence-electron chi connectivity index (χ1n) is 18.7. The number of allylic oxidation sites excluding steroid dienone is 4. The van der Waals surface area contributed by atoms with Gasteiger partial charge in [-0.3, -0.25) is 10.2 Å². The standard InChI is InChI=1S/C41H54N4O5/c1-4-7-8-9-10-11-12-13-14-15-16-17-18-19-20-21-24-43-40(42)50-29-22-23-35-31(25-29)30(5-2)32-27-45-36(37(32)44-35)26-34-33(38(45)46)28-49-39(47)41(34,48)6-3/h10-11,13-14,22-23,25-26,48H,4-9,12,15-21,24,27-28H2,1-3H3,(H2,42,43)/b11-10-,14-13-/t41-/m0/s1. The Bertz CT molecular complexity index is 1790. The summed E-state index contributed by atoms with van der Waals surface area (Å²) in [5.74, 6) is -0.180. The van der Waals surface area contributed by atoms with Gasteiger partial charge in [0.15, 0.2) is 5.60 Å². The molecule has 4 heterocycles. The van der Waals surface area contributed by atoms with Crippen molar-refractivity contribution in [3.63, 3.8) is 0 Å². The van der Waals surface area contributed by atoms with E-state index < -0.39 is 11.6 Å². The van der Waals surface area contributed by atoms with Crippen LogP contribution in [0.1, 0.15) is 126 Å². The van der Waals surface area contributed by atoms with E-state index in [1.807, 2.05) is 12.1 Å². The summed E-state index contributed by atoms with van der Waals surface area (Å²) in [6.45, 7) is 6.89. The maximum absolute atomic E-state index is 13.6. The van der Waals surface area contributed by atoms with Gasteiger partial charge in [0.05, 0.1) is 29.0 Å². The van der Waals surface area contributed by atoms with Crippen molar-refractivity contribution in [1.82, 2.24) is 14.9 Å². The molecule has 0 aliphatic carbocycles. The number of carbonyl (C=O) groups excluding carboxylic acids is 1. The summed E-state index contributed by atoms with van der Waals surface area (Å²) in [5, 5.41) is 23.5. The molecule has 0 saturated heterocycles. The van der Waals surface area contributed by atoms with Crippen LogP contribution in [0.15, 0.2) is 53.4 Å². The summed E-state index contributed by atoms with van der Waals surface area (Å²) in [6, 6.07) is 7.35. The molecule has 268 valence electrons. The van der Waals surface area contributed by atoms with Crippen LogP contribution >= 0.6 is 0 Å². The van der Waals surface area contributed by atoms with Gasteiger partial charge in [-0.2, -0.15) is 0 Å². The normalized spacial score (nSPS) is 16.5. The molecule has 0 amide bonds. The van der Waals surface area contributed by atoms with Gasteiger partial charge in [0.2, 0.25) is 0 Å². The van der Waals surface area contributed by atoms with Gasteiger partial charge < -0.3 is 24.5 Å². The number of amidine groups is 1. The summed E-state index contributed by atoms with van der Waals surface area (Å²) in [4.78, 5) is 31.1. The summed E-state index contributed by atoms with van der Waals surface area (Å²) in [7, 11) is 0. The van der Waals surface area contributed by atoms with Crippen LogP contribution in [0, 0.1) is 5.41 Å². The van der Waals surface area contributed by atoms with Crippen LogP contribution in [0.3, 0.4) is 0 Å². The molecule has 5 rings (SSSR count). The van der Waals surface area contributed by atoms with Gasteiger partial charge in [0.25, 0.3) is 11.6 Å². The number of hydrogen-bond donors (Lipinski definition) is 3. The zero-order valence-corrected chi connectivity index (χ0v) is 30.1. The Morgan fingerprint density at radius 2 is 1.70 bits per heavy atom. The highest BCUT2D eigenvalue weighted by Gasteiger charge is 2.45. The van der Waals surface area contributed by atoms with Crippen molar-refractivity contribution >= 4 is 22.9 Å². The number of unbranched alkanes of at least 4 members (excludes halogenated alkanes) is 9. The Morgan fingerprint density at radius 1 is 0.980 bits per heavy atom. The molecule has 2 aliphatic rings. The number of nitrogens with zero attached hydrogens (tertiary/aromatic N) is 2. The van der Waals surface area contributed by atoms with E-state index in [1.54, 1.807) is 23.6 Å². The third kappa shape index (κ3) is 8.37. The molecule has 9 nitrogen and oxygen atoms in total. The average Bonchev–Trinajstić information content (AvgIpc) is 3.48. The van der Waals surface area contributed by atoms with Crippen LogP contribution in [-0.4, -0.2) is 33.2 Å². The fraction of sp³-hybridized carbons (Fsp3) is 0.512. The number of rotatable bonds is 18. The summed E-state index contributed by atoms with van der Waals surface area (Å²) < 4.78 is 12.7. The maximum Gasteiger partial charge on any atom is 0.343 e. The van der Waals surface area contributed by atoms with E-state index in [4.69, 9.17) is 19.9 Å². The zero-order chi connectivity index (χ0) is 35.5. The van der Waals surface area contributed by atoms with E-state index >= 15 is 0 Å². The van der Waals surface area contributed by atoms with Crippen LogP contribution in [0.5, 0.6) is 5.75 Å². The maximum atomic E-state index is 13.6. The number of aliphatic hydroxyl groups is 1. The quantitative estimate of drug-likeness (QED) is 0.0317. The molecule has 1 aromatic carbocycles. The second-order valence-electron chi connectivity index (χ2n) is 13.5. The topological polar surface area (TPSA) is 127 Å². The number of benzene rings is 1. The Hall–Kier alpha value is -4.24. The first-order chi connectivity index (χ1) is 24.3. The van der Waals surface area contributed by atoms with Crippen molar-refractivity contribution in [2.75, 3.05) is 6.54 Å². The molecule has 0 spiro atoms. The summed E-state index contributed by atoms with van der Waals surface area (Å²) in [6.07, 6.45) is 24.4. The molecule has 3 aromatic rings. The van der Waals surface area contributed by atoms with Gasteiger partial charge in [-0.05, 0) is 81.2 Å². The number of nitrogens with one attached hydrogen (secondary N) is 2. The number of pyridine rings is 2. The molecular weight excluding hydrogens is 628 g/mol. The van der Waals surface area contributed by atoms with E-state index in [0.717, 1.165) is 47.7 Å². The Balaban J connectivity index is 1.10. The molecule has 1 atom stereocenters. The lowest BCUT2D eigenvalue weighted by Gasteiger charge is -2.31. The Labute approximate surface area is 296 Å². The number of aryl methyl sites for hydroxylation is 1. The fourth-order valence-corrected chi connectivity index (χ4v) is 7.08. The highest BCUT2D eigenvalue weighted by Crippen LogP contribution is 2.40. The van der Waals surface area contributed by atoms with Gasteiger partial charge in [-0.15, -0.1) is 0 Å². The molecule has 9 heteroatoms. The molecule has 0 saturated carbocycles. The van der Waals surface area contributed by atoms with Crippen molar-refractivity contribution in [2.24, 2.45) is 0 Å². The molecular formula is C41H54N4O5. The lowest BCUT2D eigenvalue weighted by atomic mass is 9.86. The fourth-order valence-electron chi connectivity index (χ4n) is 7.08. The van der Waals surface area contributed by atoms with Gasteiger partial charge >= 0.3 is 5.97 Å². The van der Waals surface area contributed by atoms with E-state index in [0.29, 0.717) is 47.8 Å². The second kappa shape index (κ2) is 17.6. The lowest BCUT2D eigenvalue weighted by Crippen LogP contribution is -2.44. The minimum atomic E-state index is -1.86. The van der Waals surface area contributed by atoms with Crippen LogP contribution in [0.25, 0.3) is 22.3 Å². The third-order valence-corrected chi connectivity index (χ3v) is 10.0. The van der Waals surface area contributed by atoms with Crippen LogP contribution in [0.2, 0.25) is 0 Å². The summed E-state index contributed by atoms with van der Waals surface area (Å²) in [5.41, 5.74) is 2.51. The Kier molecular flexibility index (Phi) is 13.0. The lowest BCUT2D eigenvalue weighted by molar-refractivity contribution is -0.172. The van der Waals surface area contributed by atoms with Gasteiger partial charge in [-0.1, -0.05) is 83.6 Å². The van der Waals surface area contributed by atoms with E-state index in [-0.39, 0.29) is 24.6 Å². The van der Waals surface area contributed by atoms with E-state index in [9.17, 15) is 14.7 Å². The first-order valence-corrected chi connectivity index (χ1v) is 18.7. The second-order valence-corrected chi connectivity index (χ2v) is 13.5. The monoisotopic (exact) mass is 682 g/mol. The average molecular weight is 683 g/mol. The highest BCUT2D eigenvalue weighted by atomic mass is 16.6. The predicted octanol–water partition coefficient (Wildman–Crippen LogP) is 8.36. The molecule has 0 radical (unpaired) electrons. The smallest absolute Gasteiger partial charge is 0.343 e. The number of aromatic nitrogens is 2. The van der Waals surface area contributed by atoms with Gasteiger partial charge in [0.1, 0.15) is 12.4 Å². The van der Waals surface area contributed by atoms with Crippen LogP contribution in [0.4, 0.5) is 0 Å². The highest BCUT2D eigenvalue weighted by molar-refractivity contribution is 5.90. The Morgan fingerprint density at radius 3 is 2.42 bits per heavy atom. The SMILES string of the molecule is CCCCC/C=C\C/C=C\CCCCCCCCNC(=N)Oc1ccc2nc3c(c(CC)c2c1)Cn1c-3cc2c(c1=O)COC(=O)[C@]2(O)CC. The zero-order valence-electron chi connectivity index (χ0n) is 30.1. The largest absolute Gasteiger partial charge is 0.458 e. The minimum absolute atomic E-state index is 0.0174. The van der Waals surface area contributed by atoms with Crippen molar-refractivity contribution < 1.29 is 19.4 Å². The summed E-state index contributed by atoms with van der Waals surface area (Å²) >= 11 is 0. The molecule has 2 aromatic heterocycles. The molecule has 0 unspecified atom stereocenters. The van der Waals surface area contributed by atoms with Gasteiger partial charge in [-0.25, -0.2) is 9.78 Å². The van der Waals surface area contributed by atoms with Gasteiger partial charge in [0, 0.05) is 23.1 Å². The van der Waals surface area contributed by atoms with Crippen molar-refractivity contribution in [3.8, 4) is 17.1 Å².